The second-order valence-corrected chi connectivity index (χ2v) is 6.90. The van der Waals surface area contributed by atoms with Crippen molar-refractivity contribution in [2.45, 2.75) is 12.5 Å². The first kappa shape index (κ1) is 18.2. The quantitative estimate of drug-likeness (QED) is 0.527. The normalized spacial score (nSPS) is 16.6. The Labute approximate surface area is 166 Å². The fourth-order valence-electron chi connectivity index (χ4n) is 3.19. The molecule has 6 nitrogen and oxygen atoms in total. The third-order valence-electron chi connectivity index (χ3n) is 4.58. The molecule has 3 aromatic rings. The van der Waals surface area contributed by atoms with Crippen LogP contribution >= 0.6 is 11.6 Å². The van der Waals surface area contributed by atoms with E-state index in [2.05, 4.69) is 10.9 Å². The number of nitrogens with one attached hydrogen (secondary N) is 2. The third-order valence-corrected chi connectivity index (χ3v) is 4.82. The van der Waals surface area contributed by atoms with Crippen LogP contribution in [0.25, 0.3) is 10.8 Å². The molecule has 0 aromatic heterocycles. The first-order chi connectivity index (χ1) is 13.5. The average Bonchev–Trinajstić information content (AvgIpc) is 2.99. The van der Waals surface area contributed by atoms with E-state index in [0.717, 1.165) is 15.7 Å². The van der Waals surface area contributed by atoms with E-state index in [0.29, 0.717) is 16.3 Å². The number of rotatable bonds is 4. The smallest absolute Gasteiger partial charge is 0.265 e. The molecular formula is C21H16ClN3O3. The predicted molar refractivity (Wildman–Crippen MR) is 107 cm³/mol. The lowest BCUT2D eigenvalue weighted by atomic mass is 10.1. The van der Waals surface area contributed by atoms with Gasteiger partial charge in [0.1, 0.15) is 6.04 Å². The molecule has 1 fully saturated rings. The molecule has 0 aliphatic carbocycles. The molecule has 0 saturated carbocycles. The minimum Gasteiger partial charge on any atom is -0.287 e. The lowest BCUT2D eigenvalue weighted by Crippen LogP contribution is -2.48. The van der Waals surface area contributed by atoms with E-state index < -0.39 is 17.9 Å². The molecule has 0 spiro atoms. The molecule has 1 atom stereocenters. The lowest BCUT2D eigenvalue weighted by Gasteiger charge is -2.16. The molecule has 1 aliphatic rings. The van der Waals surface area contributed by atoms with Crippen molar-refractivity contribution in [3.05, 3.63) is 77.3 Å². The van der Waals surface area contributed by atoms with Crippen LogP contribution in [0.5, 0.6) is 0 Å². The van der Waals surface area contributed by atoms with Gasteiger partial charge in [-0.15, -0.1) is 0 Å². The number of carbonyl (C=O) groups excluding carboxylic acids is 3. The number of amides is 3. The Morgan fingerprint density at radius 3 is 2.54 bits per heavy atom. The van der Waals surface area contributed by atoms with Crippen molar-refractivity contribution in [1.82, 2.24) is 10.9 Å². The van der Waals surface area contributed by atoms with E-state index in [-0.39, 0.29) is 12.3 Å². The molecule has 28 heavy (non-hydrogen) atoms. The largest absolute Gasteiger partial charge is 0.287 e. The molecule has 0 unspecified atom stereocenters. The van der Waals surface area contributed by atoms with Crippen LogP contribution in [0.2, 0.25) is 5.02 Å². The van der Waals surface area contributed by atoms with Crippen LogP contribution in [-0.2, 0) is 9.59 Å². The van der Waals surface area contributed by atoms with Crippen molar-refractivity contribution >= 4 is 45.8 Å². The molecular weight excluding hydrogens is 378 g/mol. The maximum Gasteiger partial charge on any atom is 0.265 e. The zero-order chi connectivity index (χ0) is 19.7. The number of hydrazine groups is 1. The Kier molecular flexibility index (Phi) is 4.81. The van der Waals surface area contributed by atoms with E-state index in [1.54, 1.807) is 30.3 Å². The van der Waals surface area contributed by atoms with Gasteiger partial charge in [0.05, 0.1) is 12.1 Å². The van der Waals surface area contributed by atoms with Gasteiger partial charge in [0, 0.05) is 10.6 Å². The topological polar surface area (TPSA) is 78.5 Å². The molecule has 3 amide bonds. The number of carbonyl (C=O) groups is 3. The Morgan fingerprint density at radius 2 is 1.75 bits per heavy atom. The number of imide groups is 1. The summed E-state index contributed by atoms with van der Waals surface area (Å²) in [5.41, 5.74) is 6.00. The minimum absolute atomic E-state index is 0.0402. The highest BCUT2D eigenvalue weighted by Crippen LogP contribution is 2.26. The Morgan fingerprint density at radius 1 is 0.964 bits per heavy atom. The molecule has 7 heteroatoms. The monoisotopic (exact) mass is 393 g/mol. The van der Waals surface area contributed by atoms with Gasteiger partial charge < -0.3 is 0 Å². The number of hydrogen-bond donors (Lipinski definition) is 2. The Balaban J connectivity index is 1.48. The van der Waals surface area contributed by atoms with Crippen LogP contribution in [0.4, 0.5) is 5.69 Å². The molecule has 1 heterocycles. The van der Waals surface area contributed by atoms with Crippen molar-refractivity contribution in [3.8, 4) is 0 Å². The highest BCUT2D eigenvalue weighted by atomic mass is 35.5. The number of nitrogens with zero attached hydrogens (tertiary/aromatic N) is 1. The van der Waals surface area contributed by atoms with Gasteiger partial charge in [-0.25, -0.2) is 10.3 Å². The summed E-state index contributed by atoms with van der Waals surface area (Å²) < 4.78 is 0. The van der Waals surface area contributed by atoms with E-state index in [4.69, 9.17) is 11.6 Å². The van der Waals surface area contributed by atoms with E-state index in [1.165, 1.54) is 6.07 Å². The maximum absolute atomic E-state index is 12.7. The highest BCUT2D eigenvalue weighted by molar-refractivity contribution is 6.31. The number of hydrogen-bond acceptors (Lipinski definition) is 4. The first-order valence-electron chi connectivity index (χ1n) is 8.70. The highest BCUT2D eigenvalue weighted by Gasteiger charge is 2.39. The van der Waals surface area contributed by atoms with Crippen molar-refractivity contribution in [2.24, 2.45) is 0 Å². The van der Waals surface area contributed by atoms with Gasteiger partial charge in [0.2, 0.25) is 5.91 Å². The summed E-state index contributed by atoms with van der Waals surface area (Å²) in [4.78, 5) is 38.5. The Hall–Kier alpha value is -3.22. The SMILES string of the molecule is O=C(NN[C@H]1CC(=O)N(c2ccc3ccccc3c2)C1=O)c1cccc(Cl)c1. The minimum atomic E-state index is -0.831. The zero-order valence-corrected chi connectivity index (χ0v) is 15.4. The van der Waals surface area contributed by atoms with Crippen LogP contribution < -0.4 is 15.8 Å². The molecule has 140 valence electrons. The summed E-state index contributed by atoms with van der Waals surface area (Å²) in [7, 11) is 0. The van der Waals surface area contributed by atoms with E-state index in [9.17, 15) is 14.4 Å². The molecule has 1 saturated heterocycles. The van der Waals surface area contributed by atoms with Gasteiger partial charge in [-0.2, -0.15) is 0 Å². The average molecular weight is 394 g/mol. The van der Waals surface area contributed by atoms with Gasteiger partial charge in [-0.1, -0.05) is 48.0 Å². The summed E-state index contributed by atoms with van der Waals surface area (Å²) in [6.07, 6.45) is -0.0402. The van der Waals surface area contributed by atoms with Crippen molar-refractivity contribution in [2.75, 3.05) is 4.90 Å². The van der Waals surface area contributed by atoms with Gasteiger partial charge in [-0.3, -0.25) is 19.8 Å². The number of halogens is 1. The fraction of sp³-hybridized carbons (Fsp3) is 0.0952. The van der Waals surface area contributed by atoms with Crippen molar-refractivity contribution in [1.29, 1.82) is 0 Å². The number of anilines is 1. The van der Waals surface area contributed by atoms with E-state index >= 15 is 0 Å². The van der Waals surface area contributed by atoms with Crippen LogP contribution in [0.15, 0.2) is 66.7 Å². The van der Waals surface area contributed by atoms with Gasteiger partial charge in [0.15, 0.2) is 0 Å². The molecule has 3 aromatic carbocycles. The molecule has 1 aliphatic heterocycles. The molecule has 0 radical (unpaired) electrons. The molecule has 4 rings (SSSR count). The van der Waals surface area contributed by atoms with Gasteiger partial charge >= 0.3 is 0 Å². The second kappa shape index (κ2) is 7.42. The molecule has 2 N–H and O–H groups in total. The molecule has 0 bridgehead atoms. The standard InChI is InChI=1S/C21H16ClN3O3/c22-16-7-3-6-15(10-16)20(27)24-23-18-12-19(26)25(21(18)28)17-9-8-13-4-1-2-5-14(13)11-17/h1-11,18,23H,12H2,(H,24,27)/t18-/m0/s1. The van der Waals surface area contributed by atoms with E-state index in [1.807, 2.05) is 30.3 Å². The van der Waals surface area contributed by atoms with Crippen molar-refractivity contribution in [3.63, 3.8) is 0 Å². The fourth-order valence-corrected chi connectivity index (χ4v) is 3.38. The predicted octanol–water partition coefficient (Wildman–Crippen LogP) is 3.06. The summed E-state index contributed by atoms with van der Waals surface area (Å²) in [6.45, 7) is 0. The van der Waals surface area contributed by atoms with Gasteiger partial charge in [-0.05, 0) is 41.1 Å². The summed E-state index contributed by atoms with van der Waals surface area (Å²) in [5.74, 6) is -1.17. The van der Waals surface area contributed by atoms with Crippen LogP contribution in [0.1, 0.15) is 16.8 Å². The van der Waals surface area contributed by atoms with Crippen LogP contribution in [0, 0.1) is 0 Å². The van der Waals surface area contributed by atoms with Crippen LogP contribution in [0.3, 0.4) is 0 Å². The maximum atomic E-state index is 12.7. The lowest BCUT2D eigenvalue weighted by molar-refractivity contribution is -0.121. The summed E-state index contributed by atoms with van der Waals surface area (Å²) in [6, 6.07) is 18.7. The number of benzene rings is 3. The first-order valence-corrected chi connectivity index (χ1v) is 9.08. The van der Waals surface area contributed by atoms with Crippen LogP contribution in [-0.4, -0.2) is 23.8 Å². The van der Waals surface area contributed by atoms with Crippen molar-refractivity contribution < 1.29 is 14.4 Å². The van der Waals surface area contributed by atoms with Gasteiger partial charge in [0.25, 0.3) is 11.8 Å². The summed E-state index contributed by atoms with van der Waals surface area (Å²) in [5, 5.41) is 2.39. The zero-order valence-electron chi connectivity index (χ0n) is 14.7. The third kappa shape index (κ3) is 3.47. The summed E-state index contributed by atoms with van der Waals surface area (Å²) >= 11 is 5.88. The second-order valence-electron chi connectivity index (χ2n) is 6.46. The number of fused-ring (bicyclic) bond motifs is 1. The Bertz CT molecular complexity index is 1100.